The quantitative estimate of drug-likeness (QED) is 0.119. The number of amides is 1. The second kappa shape index (κ2) is 16.1. The number of nitrogens with zero attached hydrogens (tertiary/aromatic N) is 1. The molecule has 1 amide bonds. The number of aliphatic hydroxyl groups excluding tert-OH is 1. The van der Waals surface area contributed by atoms with Crippen LogP contribution in [-0.2, 0) is 19.1 Å². The minimum absolute atomic E-state index is 0. The van der Waals surface area contributed by atoms with Crippen LogP contribution in [-0.4, -0.2) is 57.7 Å². The molecule has 1 fully saturated rings. The van der Waals surface area contributed by atoms with Gasteiger partial charge < -0.3 is 21.1 Å². The molecule has 0 bridgehead atoms. The molecule has 0 saturated carbocycles. The molecule has 6 N–H and O–H groups in total. The van der Waals surface area contributed by atoms with Crippen molar-refractivity contribution in [3.8, 4) is 0 Å². The third-order valence-electron chi connectivity index (χ3n) is 7.33. The molecule has 1 heterocycles. The number of halogens is 6. The molecular formula is C31H38ClF5N4O4S. The zero-order valence-electron chi connectivity index (χ0n) is 25.0. The first-order chi connectivity index (χ1) is 21.2. The number of alkyl halides is 3. The second-order valence-electron chi connectivity index (χ2n) is 10.9. The summed E-state index contributed by atoms with van der Waals surface area (Å²) in [6.07, 6.45) is -4.62. The first-order valence-electron chi connectivity index (χ1n) is 14.5. The molecule has 254 valence electrons. The Kier molecular flexibility index (Phi) is 13.1. The standard InChI is InChI=1S/C31H37F5N4O4S.ClH/c1-2-38-26-14-22(15-27(17-26)40-8-3-4-9-45(40,43)44)30(42)39-28(13-21-11-24(32)16-25(33)12-21)29(41)19-37-18-20-6-5-7-23(10-20)31(34,35)36;/h5-7,10-12,14-17,28-29,37-38,41,43-44H,2-4,8-9,13,18-19H2,1H3,(H,39,42);1H/t28-,29+;/m0./s1. The van der Waals surface area contributed by atoms with Gasteiger partial charge in [0.05, 0.1) is 29.1 Å². The highest BCUT2D eigenvalue weighted by Gasteiger charge is 2.31. The van der Waals surface area contributed by atoms with Gasteiger partial charge in [0, 0.05) is 43.5 Å². The number of hydrogen-bond donors (Lipinski definition) is 6. The SMILES string of the molecule is CCNc1cc(C(=O)N[C@@H](Cc2cc(F)cc(F)c2)[C@H](O)CNCc2cccc(C(F)(F)F)c2)cc(N2CCCCS2(O)O)c1.Cl. The van der Waals surface area contributed by atoms with Crippen molar-refractivity contribution < 1.29 is 41.0 Å². The van der Waals surface area contributed by atoms with E-state index in [1.165, 1.54) is 22.5 Å². The summed E-state index contributed by atoms with van der Waals surface area (Å²) in [7, 11) is -3.09. The Hall–Kier alpha value is -3.14. The van der Waals surface area contributed by atoms with Crippen molar-refractivity contribution in [2.24, 2.45) is 0 Å². The third kappa shape index (κ3) is 10.2. The number of anilines is 2. The van der Waals surface area contributed by atoms with Crippen molar-refractivity contribution in [1.29, 1.82) is 0 Å². The number of rotatable bonds is 12. The Labute approximate surface area is 272 Å². The first-order valence-corrected chi connectivity index (χ1v) is 16.2. The molecule has 8 nitrogen and oxygen atoms in total. The van der Waals surface area contributed by atoms with Crippen LogP contribution in [0.1, 0.15) is 46.8 Å². The Bertz CT molecular complexity index is 1460. The molecule has 1 saturated heterocycles. The van der Waals surface area contributed by atoms with Gasteiger partial charge in [-0.15, -0.1) is 23.2 Å². The van der Waals surface area contributed by atoms with Crippen LogP contribution < -0.4 is 20.3 Å². The fourth-order valence-corrected chi connectivity index (χ4v) is 6.86. The van der Waals surface area contributed by atoms with Gasteiger partial charge in [0.25, 0.3) is 5.91 Å². The van der Waals surface area contributed by atoms with Crippen LogP contribution in [0.2, 0.25) is 0 Å². The maximum Gasteiger partial charge on any atom is 0.416 e. The maximum absolute atomic E-state index is 14.0. The maximum atomic E-state index is 14.0. The number of carbonyl (C=O) groups excluding carboxylic acids is 1. The molecule has 0 spiro atoms. The van der Waals surface area contributed by atoms with Gasteiger partial charge >= 0.3 is 6.18 Å². The summed E-state index contributed by atoms with van der Waals surface area (Å²) in [5.41, 5.74) is 0.785. The molecule has 46 heavy (non-hydrogen) atoms. The zero-order valence-corrected chi connectivity index (χ0v) is 26.6. The molecule has 15 heteroatoms. The van der Waals surface area contributed by atoms with E-state index >= 15 is 0 Å². The number of hydrogen-bond acceptors (Lipinski definition) is 7. The summed E-state index contributed by atoms with van der Waals surface area (Å²) in [5, 5.41) is 19.8. The van der Waals surface area contributed by atoms with Gasteiger partial charge in [0.1, 0.15) is 11.6 Å². The molecule has 0 aliphatic carbocycles. The molecule has 1 aliphatic heterocycles. The lowest BCUT2D eigenvalue weighted by molar-refractivity contribution is -0.137. The predicted molar refractivity (Wildman–Crippen MR) is 173 cm³/mol. The normalized spacial score (nSPS) is 16.6. The van der Waals surface area contributed by atoms with Crippen molar-refractivity contribution in [2.75, 3.05) is 35.0 Å². The van der Waals surface area contributed by atoms with E-state index in [-0.39, 0.29) is 48.8 Å². The van der Waals surface area contributed by atoms with Crippen LogP contribution >= 0.6 is 23.2 Å². The van der Waals surface area contributed by atoms with Crippen LogP contribution in [0.25, 0.3) is 0 Å². The monoisotopic (exact) mass is 692 g/mol. The smallest absolute Gasteiger partial charge is 0.390 e. The topological polar surface area (TPSA) is 117 Å². The molecule has 0 unspecified atom stereocenters. The van der Waals surface area contributed by atoms with Crippen molar-refractivity contribution in [1.82, 2.24) is 10.6 Å². The highest BCUT2D eigenvalue weighted by Crippen LogP contribution is 2.50. The highest BCUT2D eigenvalue weighted by molar-refractivity contribution is 8.25. The summed E-state index contributed by atoms with van der Waals surface area (Å²) in [6, 6.07) is 11.3. The van der Waals surface area contributed by atoms with E-state index in [1.54, 1.807) is 12.1 Å². The van der Waals surface area contributed by atoms with Crippen LogP contribution in [0.4, 0.5) is 33.3 Å². The molecular weight excluding hydrogens is 655 g/mol. The minimum Gasteiger partial charge on any atom is -0.390 e. The number of nitrogens with one attached hydrogen (secondary N) is 3. The first kappa shape index (κ1) is 37.3. The molecule has 3 aromatic rings. The van der Waals surface area contributed by atoms with Gasteiger partial charge in [0.15, 0.2) is 0 Å². The average molecular weight is 693 g/mol. The van der Waals surface area contributed by atoms with Gasteiger partial charge in [-0.2, -0.15) is 13.2 Å². The summed E-state index contributed by atoms with van der Waals surface area (Å²) >= 11 is 0. The largest absolute Gasteiger partial charge is 0.416 e. The lowest BCUT2D eigenvalue weighted by Crippen LogP contribution is -2.48. The van der Waals surface area contributed by atoms with E-state index in [0.717, 1.165) is 30.7 Å². The Morgan fingerprint density at radius 2 is 1.72 bits per heavy atom. The molecule has 4 rings (SSSR count). The molecule has 1 aliphatic rings. The van der Waals surface area contributed by atoms with Gasteiger partial charge in [-0.25, -0.2) is 8.78 Å². The van der Waals surface area contributed by atoms with Gasteiger partial charge in [-0.3, -0.25) is 18.2 Å². The summed E-state index contributed by atoms with van der Waals surface area (Å²) < 4.78 is 90.1. The Morgan fingerprint density at radius 3 is 2.37 bits per heavy atom. The Morgan fingerprint density at radius 1 is 1.00 bits per heavy atom. The molecule has 2 atom stereocenters. The van der Waals surface area contributed by atoms with E-state index in [2.05, 4.69) is 16.0 Å². The zero-order chi connectivity index (χ0) is 32.8. The molecule has 0 radical (unpaired) electrons. The van der Waals surface area contributed by atoms with E-state index in [1.807, 2.05) is 6.92 Å². The molecule has 3 aromatic carbocycles. The van der Waals surface area contributed by atoms with Crippen molar-refractivity contribution >= 4 is 40.5 Å². The predicted octanol–water partition coefficient (Wildman–Crippen LogP) is 6.59. The number of benzene rings is 3. The summed E-state index contributed by atoms with van der Waals surface area (Å²) in [6.45, 7) is 2.56. The van der Waals surface area contributed by atoms with E-state index in [0.29, 0.717) is 42.5 Å². The third-order valence-corrected chi connectivity index (χ3v) is 9.26. The number of aliphatic hydroxyl groups is 1. The molecule has 0 aromatic heterocycles. The van der Waals surface area contributed by atoms with Crippen LogP contribution in [0.3, 0.4) is 0 Å². The van der Waals surface area contributed by atoms with Crippen LogP contribution in [0, 0.1) is 11.6 Å². The average Bonchev–Trinajstić information content (AvgIpc) is 2.95. The summed E-state index contributed by atoms with van der Waals surface area (Å²) in [5.74, 6) is -2.11. The van der Waals surface area contributed by atoms with E-state index < -0.39 is 52.2 Å². The highest BCUT2D eigenvalue weighted by atomic mass is 35.5. The number of carbonyl (C=O) groups is 1. The van der Waals surface area contributed by atoms with Gasteiger partial charge in [-0.05, 0) is 73.7 Å². The van der Waals surface area contributed by atoms with Crippen molar-refractivity contribution in [2.45, 2.75) is 51.1 Å². The Balaban J connectivity index is 0.00000576. The van der Waals surface area contributed by atoms with Gasteiger partial charge in [0.2, 0.25) is 0 Å². The van der Waals surface area contributed by atoms with Gasteiger partial charge in [-0.1, -0.05) is 18.2 Å². The van der Waals surface area contributed by atoms with E-state index in [4.69, 9.17) is 0 Å². The van der Waals surface area contributed by atoms with Crippen LogP contribution in [0.15, 0.2) is 60.7 Å². The van der Waals surface area contributed by atoms with Crippen molar-refractivity contribution in [3.05, 3.63) is 94.6 Å². The van der Waals surface area contributed by atoms with E-state index in [9.17, 15) is 41.0 Å². The summed E-state index contributed by atoms with van der Waals surface area (Å²) in [4.78, 5) is 13.6. The van der Waals surface area contributed by atoms with Crippen molar-refractivity contribution in [3.63, 3.8) is 0 Å². The minimum atomic E-state index is -4.51. The lowest BCUT2D eigenvalue weighted by Gasteiger charge is -2.47. The second-order valence-corrected chi connectivity index (χ2v) is 13.0. The fraction of sp³-hybridized carbons (Fsp3) is 0.387. The lowest BCUT2D eigenvalue weighted by atomic mass is 9.99. The fourth-order valence-electron chi connectivity index (χ4n) is 5.18. The van der Waals surface area contributed by atoms with Crippen LogP contribution in [0.5, 0.6) is 0 Å².